The number of morpholine rings is 1. The Balaban J connectivity index is 1.43. The Morgan fingerprint density at radius 2 is 1.97 bits per heavy atom. The summed E-state index contributed by atoms with van der Waals surface area (Å²) in [4.78, 5) is 16.4. The van der Waals surface area contributed by atoms with Crippen LogP contribution < -0.4 is 4.90 Å². The average molecular weight is 449 g/mol. The van der Waals surface area contributed by atoms with Gasteiger partial charge in [-0.2, -0.15) is 5.10 Å². The summed E-state index contributed by atoms with van der Waals surface area (Å²) in [6, 6.07) is 8.48. The number of hydrogen-bond donors (Lipinski definition) is 1. The third kappa shape index (κ3) is 3.76. The van der Waals surface area contributed by atoms with Crippen LogP contribution in [0.5, 0.6) is 0 Å². The van der Waals surface area contributed by atoms with E-state index in [1.165, 1.54) is 35.5 Å². The topological polar surface area (TPSA) is 70.2 Å². The number of aromatic nitrogens is 4. The van der Waals surface area contributed by atoms with Crippen molar-refractivity contribution in [3.05, 3.63) is 35.3 Å². The van der Waals surface area contributed by atoms with E-state index in [4.69, 9.17) is 14.7 Å². The van der Waals surface area contributed by atoms with Gasteiger partial charge >= 0.3 is 0 Å². The minimum Gasteiger partial charge on any atom is -0.378 e. The third-order valence-corrected chi connectivity index (χ3v) is 7.91. The predicted molar refractivity (Wildman–Crippen MR) is 129 cm³/mol. The number of anilines is 1. The first-order chi connectivity index (χ1) is 15.7. The van der Waals surface area contributed by atoms with Crippen LogP contribution in [-0.2, 0) is 11.2 Å². The molecule has 1 aromatic carbocycles. The normalized spacial score (nSPS) is 18.7. The highest BCUT2D eigenvalue weighted by molar-refractivity contribution is 7.19. The van der Waals surface area contributed by atoms with Gasteiger partial charge in [0.15, 0.2) is 11.6 Å². The number of fused-ring (bicyclic) bond motifs is 2. The smallest absolute Gasteiger partial charge is 0.162 e. The molecule has 2 aliphatic heterocycles. The molecule has 1 N–H and O–H groups in total. The number of benzene rings is 1. The second-order valence-corrected chi connectivity index (χ2v) is 10.1. The summed E-state index contributed by atoms with van der Waals surface area (Å²) in [5.41, 5.74) is 3.09. The summed E-state index contributed by atoms with van der Waals surface area (Å²) in [6.07, 6.45) is 5.57. The molecular weight excluding hydrogens is 420 g/mol. The number of likely N-dealkylation sites (tertiary alicyclic amines) is 1. The van der Waals surface area contributed by atoms with E-state index in [2.05, 4.69) is 39.2 Å². The molecule has 5 heterocycles. The molecule has 0 atom stereocenters. The standard InChI is InChI=1S/C24H28N6OS/c1-29-7-5-16(6-8-29)13-17-14-21-22(32-17)24(30-9-11-31-12-10-30)27-23(26-21)18-3-2-4-20-19(18)15-25-28-20/h2-4,14-16H,5-13H2,1H3,(H,25,28). The molecule has 0 saturated carbocycles. The number of H-pyrrole nitrogens is 1. The molecule has 8 heteroatoms. The van der Waals surface area contributed by atoms with Crippen molar-refractivity contribution in [1.29, 1.82) is 0 Å². The van der Waals surface area contributed by atoms with E-state index in [1.54, 1.807) is 0 Å². The van der Waals surface area contributed by atoms with Gasteiger partial charge < -0.3 is 14.5 Å². The van der Waals surface area contributed by atoms with E-state index < -0.39 is 0 Å². The van der Waals surface area contributed by atoms with E-state index in [-0.39, 0.29) is 0 Å². The van der Waals surface area contributed by atoms with Crippen molar-refractivity contribution in [2.75, 3.05) is 51.3 Å². The lowest BCUT2D eigenvalue weighted by Gasteiger charge is -2.28. The highest BCUT2D eigenvalue weighted by Gasteiger charge is 2.23. The Morgan fingerprint density at radius 1 is 1.12 bits per heavy atom. The molecule has 0 spiro atoms. The number of thiophene rings is 1. The van der Waals surface area contributed by atoms with Crippen LogP contribution in [0.3, 0.4) is 0 Å². The molecular formula is C24H28N6OS. The van der Waals surface area contributed by atoms with Gasteiger partial charge in [0.2, 0.25) is 0 Å². The number of nitrogens with zero attached hydrogens (tertiary/aromatic N) is 5. The molecule has 2 fully saturated rings. The Hall–Kier alpha value is -2.55. The van der Waals surface area contributed by atoms with Crippen molar-refractivity contribution in [3.63, 3.8) is 0 Å². The molecule has 32 heavy (non-hydrogen) atoms. The van der Waals surface area contributed by atoms with Gasteiger partial charge in [0.25, 0.3) is 0 Å². The zero-order valence-electron chi connectivity index (χ0n) is 18.4. The Labute approximate surface area is 191 Å². The highest BCUT2D eigenvalue weighted by atomic mass is 32.1. The SMILES string of the molecule is CN1CCC(Cc2cc3nc(-c4cccc5[nH]ncc45)nc(N4CCOCC4)c3s2)CC1. The van der Waals surface area contributed by atoms with E-state index in [1.807, 2.05) is 29.7 Å². The molecule has 0 radical (unpaired) electrons. The van der Waals surface area contributed by atoms with Gasteiger partial charge in [0.1, 0.15) is 0 Å². The summed E-state index contributed by atoms with van der Waals surface area (Å²) >= 11 is 1.88. The summed E-state index contributed by atoms with van der Waals surface area (Å²) in [6.45, 7) is 5.62. The highest BCUT2D eigenvalue weighted by Crippen LogP contribution is 2.37. The maximum atomic E-state index is 5.61. The van der Waals surface area contributed by atoms with Crippen LogP contribution >= 0.6 is 11.3 Å². The Kier molecular flexibility index (Phi) is 5.29. The lowest BCUT2D eigenvalue weighted by molar-refractivity contribution is 0.122. The zero-order chi connectivity index (χ0) is 21.5. The minimum atomic E-state index is 0.742. The van der Waals surface area contributed by atoms with Crippen LogP contribution in [-0.4, -0.2) is 71.5 Å². The molecule has 166 valence electrons. The monoisotopic (exact) mass is 448 g/mol. The van der Waals surface area contributed by atoms with Gasteiger partial charge in [-0.1, -0.05) is 12.1 Å². The number of hydrogen-bond acceptors (Lipinski definition) is 7. The quantitative estimate of drug-likeness (QED) is 0.510. The molecule has 2 aliphatic rings. The molecule has 4 aromatic rings. The second kappa shape index (κ2) is 8.42. The van der Waals surface area contributed by atoms with Crippen LogP contribution in [0.4, 0.5) is 5.82 Å². The molecule has 7 nitrogen and oxygen atoms in total. The van der Waals surface area contributed by atoms with Crippen LogP contribution in [0.2, 0.25) is 0 Å². The first kappa shape index (κ1) is 20.1. The summed E-state index contributed by atoms with van der Waals surface area (Å²) < 4.78 is 6.82. The lowest BCUT2D eigenvalue weighted by atomic mass is 9.93. The fraction of sp³-hybridized carbons (Fsp3) is 0.458. The van der Waals surface area contributed by atoms with E-state index >= 15 is 0 Å². The van der Waals surface area contributed by atoms with E-state index in [9.17, 15) is 0 Å². The third-order valence-electron chi connectivity index (χ3n) is 6.77. The molecule has 0 unspecified atom stereocenters. The average Bonchev–Trinajstić information content (AvgIpc) is 3.47. The van der Waals surface area contributed by atoms with Crippen molar-refractivity contribution in [2.24, 2.45) is 5.92 Å². The van der Waals surface area contributed by atoms with Crippen molar-refractivity contribution < 1.29 is 4.74 Å². The van der Waals surface area contributed by atoms with Gasteiger partial charge in [0.05, 0.1) is 35.1 Å². The number of nitrogens with one attached hydrogen (secondary N) is 1. The van der Waals surface area contributed by atoms with Gasteiger partial charge in [-0.15, -0.1) is 11.3 Å². The van der Waals surface area contributed by atoms with Crippen molar-refractivity contribution in [2.45, 2.75) is 19.3 Å². The lowest BCUT2D eigenvalue weighted by Crippen LogP contribution is -2.36. The van der Waals surface area contributed by atoms with Crippen LogP contribution in [0.25, 0.3) is 32.5 Å². The summed E-state index contributed by atoms with van der Waals surface area (Å²) in [5.74, 6) is 2.58. The van der Waals surface area contributed by atoms with Gasteiger partial charge in [-0.25, -0.2) is 9.97 Å². The number of piperidine rings is 1. The minimum absolute atomic E-state index is 0.742. The van der Waals surface area contributed by atoms with Crippen molar-refractivity contribution in [3.8, 4) is 11.4 Å². The van der Waals surface area contributed by atoms with Crippen LogP contribution in [0.1, 0.15) is 17.7 Å². The number of ether oxygens (including phenoxy) is 1. The first-order valence-electron chi connectivity index (χ1n) is 11.5. The fourth-order valence-corrected chi connectivity index (χ4v) is 6.12. The van der Waals surface area contributed by atoms with Gasteiger partial charge in [-0.05, 0) is 57.5 Å². The molecule has 2 saturated heterocycles. The van der Waals surface area contributed by atoms with Crippen molar-refractivity contribution >= 4 is 38.3 Å². The zero-order valence-corrected chi connectivity index (χ0v) is 19.2. The van der Waals surface area contributed by atoms with Crippen LogP contribution in [0.15, 0.2) is 30.5 Å². The van der Waals surface area contributed by atoms with Gasteiger partial charge in [0, 0.05) is 28.9 Å². The number of rotatable bonds is 4. The Bertz CT molecular complexity index is 1240. The summed E-state index contributed by atoms with van der Waals surface area (Å²) in [7, 11) is 2.22. The maximum absolute atomic E-state index is 5.61. The van der Waals surface area contributed by atoms with Crippen LogP contribution in [0, 0.1) is 5.92 Å². The number of aromatic amines is 1. The molecule has 0 amide bonds. The molecule has 6 rings (SSSR count). The molecule has 0 bridgehead atoms. The van der Waals surface area contributed by atoms with E-state index in [0.29, 0.717) is 0 Å². The Morgan fingerprint density at radius 3 is 2.81 bits per heavy atom. The largest absolute Gasteiger partial charge is 0.378 e. The molecule has 3 aromatic heterocycles. The maximum Gasteiger partial charge on any atom is 0.162 e. The summed E-state index contributed by atoms with van der Waals surface area (Å²) in [5, 5.41) is 8.35. The fourth-order valence-electron chi connectivity index (χ4n) is 4.89. The van der Waals surface area contributed by atoms with E-state index in [0.717, 1.165) is 72.3 Å². The van der Waals surface area contributed by atoms with Crippen molar-refractivity contribution in [1.82, 2.24) is 25.1 Å². The van der Waals surface area contributed by atoms with Gasteiger partial charge in [-0.3, -0.25) is 5.10 Å². The second-order valence-electron chi connectivity index (χ2n) is 8.98. The first-order valence-corrected chi connectivity index (χ1v) is 12.3. The predicted octanol–water partition coefficient (Wildman–Crippen LogP) is 3.96. The molecule has 0 aliphatic carbocycles.